The van der Waals surface area contributed by atoms with Gasteiger partial charge >= 0.3 is 0 Å². The van der Waals surface area contributed by atoms with Crippen LogP contribution in [0.3, 0.4) is 0 Å². The number of hydrogen-bond acceptors (Lipinski definition) is 4. The number of amides is 1. The Balaban J connectivity index is 1.85. The van der Waals surface area contributed by atoms with Crippen LogP contribution in [0.15, 0.2) is 12.4 Å². The van der Waals surface area contributed by atoms with Gasteiger partial charge in [0.1, 0.15) is 5.52 Å². The third-order valence-corrected chi connectivity index (χ3v) is 3.97. The van der Waals surface area contributed by atoms with Crippen LogP contribution in [0.5, 0.6) is 0 Å². The highest BCUT2D eigenvalue weighted by Gasteiger charge is 2.32. The molecule has 0 aliphatic carbocycles. The standard InChI is InChI=1S/C15H21N5O/c1-15(2,3)14(21)20-8-4-5-10(9-20)11-12-13(19-18-11)17-7-6-16-12/h6-7,10H,4-5,8-9H2,1-3H3,(H,17,18,19)/t10-/m1/s1. The first-order valence-corrected chi connectivity index (χ1v) is 7.41. The number of likely N-dealkylation sites (tertiary alicyclic amines) is 1. The Morgan fingerprint density at radius 3 is 2.86 bits per heavy atom. The molecule has 1 atom stereocenters. The van der Waals surface area contributed by atoms with E-state index < -0.39 is 0 Å². The predicted octanol–water partition coefficient (Wildman–Crippen LogP) is 2.10. The van der Waals surface area contributed by atoms with Crippen LogP contribution in [-0.4, -0.2) is 44.1 Å². The van der Waals surface area contributed by atoms with Crippen molar-refractivity contribution < 1.29 is 4.79 Å². The maximum atomic E-state index is 12.5. The molecule has 2 aromatic heterocycles. The van der Waals surface area contributed by atoms with Gasteiger partial charge in [-0.1, -0.05) is 20.8 Å². The van der Waals surface area contributed by atoms with Crippen LogP contribution in [0, 0.1) is 5.41 Å². The lowest BCUT2D eigenvalue weighted by atomic mass is 9.90. The van der Waals surface area contributed by atoms with E-state index in [0.29, 0.717) is 5.65 Å². The summed E-state index contributed by atoms with van der Waals surface area (Å²) >= 11 is 0. The van der Waals surface area contributed by atoms with Crippen molar-refractivity contribution in [2.24, 2.45) is 5.41 Å². The van der Waals surface area contributed by atoms with Crippen molar-refractivity contribution in [2.45, 2.75) is 39.5 Å². The van der Waals surface area contributed by atoms with Crippen molar-refractivity contribution in [2.75, 3.05) is 13.1 Å². The molecule has 0 bridgehead atoms. The highest BCUT2D eigenvalue weighted by molar-refractivity contribution is 5.82. The molecule has 2 aromatic rings. The third kappa shape index (κ3) is 2.62. The minimum absolute atomic E-state index is 0.210. The number of carbonyl (C=O) groups excluding carboxylic acids is 1. The molecular weight excluding hydrogens is 266 g/mol. The van der Waals surface area contributed by atoms with Gasteiger partial charge in [0.05, 0.1) is 5.69 Å². The van der Waals surface area contributed by atoms with E-state index in [2.05, 4.69) is 20.2 Å². The number of hydrogen-bond donors (Lipinski definition) is 1. The molecule has 1 saturated heterocycles. The van der Waals surface area contributed by atoms with Gasteiger partial charge in [-0.25, -0.2) is 9.97 Å². The van der Waals surface area contributed by atoms with Gasteiger partial charge in [-0.2, -0.15) is 5.10 Å². The van der Waals surface area contributed by atoms with E-state index in [4.69, 9.17) is 0 Å². The molecule has 0 aromatic carbocycles. The highest BCUT2D eigenvalue weighted by atomic mass is 16.2. The minimum Gasteiger partial charge on any atom is -0.342 e. The number of carbonyl (C=O) groups is 1. The van der Waals surface area contributed by atoms with Crippen molar-refractivity contribution in [1.29, 1.82) is 0 Å². The molecule has 6 heteroatoms. The smallest absolute Gasteiger partial charge is 0.227 e. The van der Waals surface area contributed by atoms with Crippen LogP contribution >= 0.6 is 0 Å². The molecule has 112 valence electrons. The maximum absolute atomic E-state index is 12.5. The number of piperidine rings is 1. The van der Waals surface area contributed by atoms with E-state index in [9.17, 15) is 4.79 Å². The Kier molecular flexibility index (Phi) is 3.39. The Morgan fingerprint density at radius 1 is 1.33 bits per heavy atom. The summed E-state index contributed by atoms with van der Waals surface area (Å²) in [5.74, 6) is 0.467. The molecule has 1 aliphatic heterocycles. The second-order valence-corrected chi connectivity index (χ2v) is 6.71. The van der Waals surface area contributed by atoms with Crippen LogP contribution in [0.25, 0.3) is 11.2 Å². The number of fused-ring (bicyclic) bond motifs is 1. The number of aromatic amines is 1. The molecule has 3 heterocycles. The lowest BCUT2D eigenvalue weighted by Gasteiger charge is -2.36. The fourth-order valence-electron chi connectivity index (χ4n) is 2.92. The number of H-pyrrole nitrogens is 1. The maximum Gasteiger partial charge on any atom is 0.227 e. The van der Waals surface area contributed by atoms with Gasteiger partial charge in [0.2, 0.25) is 5.91 Å². The van der Waals surface area contributed by atoms with Crippen LogP contribution in [0.1, 0.15) is 45.2 Å². The molecule has 0 saturated carbocycles. The topological polar surface area (TPSA) is 74.8 Å². The van der Waals surface area contributed by atoms with Crippen molar-refractivity contribution in [3.63, 3.8) is 0 Å². The fraction of sp³-hybridized carbons (Fsp3) is 0.600. The Hall–Kier alpha value is -1.98. The first-order valence-electron chi connectivity index (χ1n) is 7.41. The molecule has 6 nitrogen and oxygen atoms in total. The summed E-state index contributed by atoms with van der Waals surface area (Å²) in [7, 11) is 0. The summed E-state index contributed by atoms with van der Waals surface area (Å²) in [6, 6.07) is 0. The minimum atomic E-state index is -0.336. The highest BCUT2D eigenvalue weighted by Crippen LogP contribution is 2.31. The van der Waals surface area contributed by atoms with E-state index in [0.717, 1.165) is 37.1 Å². The Bertz CT molecular complexity index is 657. The number of rotatable bonds is 1. The van der Waals surface area contributed by atoms with Crippen LogP contribution in [-0.2, 0) is 4.79 Å². The summed E-state index contributed by atoms with van der Waals surface area (Å²) in [6.07, 6.45) is 5.38. The van der Waals surface area contributed by atoms with Gasteiger partial charge in [0.15, 0.2) is 5.65 Å². The normalized spacial score (nSPS) is 20.0. The van der Waals surface area contributed by atoms with Crippen LogP contribution in [0.2, 0.25) is 0 Å². The molecule has 1 fully saturated rings. The molecule has 1 N–H and O–H groups in total. The summed E-state index contributed by atoms with van der Waals surface area (Å²) in [5.41, 5.74) is 2.14. The Labute approximate surface area is 124 Å². The lowest BCUT2D eigenvalue weighted by molar-refractivity contribution is -0.140. The van der Waals surface area contributed by atoms with Crippen molar-refractivity contribution in [3.05, 3.63) is 18.1 Å². The second-order valence-electron chi connectivity index (χ2n) is 6.71. The van der Waals surface area contributed by atoms with E-state index in [1.165, 1.54) is 0 Å². The molecule has 0 spiro atoms. The van der Waals surface area contributed by atoms with Crippen LogP contribution < -0.4 is 0 Å². The molecular formula is C15H21N5O. The first-order chi connectivity index (χ1) is 9.97. The molecule has 0 radical (unpaired) electrons. The summed E-state index contributed by atoms with van der Waals surface area (Å²) < 4.78 is 0. The monoisotopic (exact) mass is 287 g/mol. The van der Waals surface area contributed by atoms with Gasteiger partial charge in [-0.15, -0.1) is 0 Å². The van der Waals surface area contributed by atoms with Gasteiger partial charge in [-0.3, -0.25) is 9.89 Å². The first kappa shape index (κ1) is 14.0. The molecule has 1 amide bonds. The molecule has 0 unspecified atom stereocenters. The lowest BCUT2D eigenvalue weighted by Crippen LogP contribution is -2.44. The predicted molar refractivity (Wildman–Crippen MR) is 79.7 cm³/mol. The van der Waals surface area contributed by atoms with Crippen molar-refractivity contribution in [3.8, 4) is 0 Å². The van der Waals surface area contributed by atoms with Crippen molar-refractivity contribution >= 4 is 17.1 Å². The quantitative estimate of drug-likeness (QED) is 0.871. The zero-order valence-electron chi connectivity index (χ0n) is 12.8. The van der Waals surface area contributed by atoms with Crippen LogP contribution in [0.4, 0.5) is 0 Å². The molecule has 21 heavy (non-hydrogen) atoms. The second kappa shape index (κ2) is 5.09. The van der Waals surface area contributed by atoms with Gasteiger partial charge in [0.25, 0.3) is 0 Å². The average molecular weight is 287 g/mol. The van der Waals surface area contributed by atoms with Gasteiger partial charge < -0.3 is 4.90 Å². The zero-order chi connectivity index (χ0) is 15.0. The molecule has 1 aliphatic rings. The largest absolute Gasteiger partial charge is 0.342 e. The van der Waals surface area contributed by atoms with E-state index in [1.807, 2.05) is 25.7 Å². The zero-order valence-corrected chi connectivity index (χ0v) is 12.8. The van der Waals surface area contributed by atoms with E-state index in [1.54, 1.807) is 12.4 Å². The average Bonchev–Trinajstić information content (AvgIpc) is 2.89. The van der Waals surface area contributed by atoms with Crippen molar-refractivity contribution in [1.82, 2.24) is 25.1 Å². The summed E-state index contributed by atoms with van der Waals surface area (Å²) in [4.78, 5) is 23.0. The van der Waals surface area contributed by atoms with E-state index in [-0.39, 0.29) is 17.2 Å². The number of nitrogens with one attached hydrogen (secondary N) is 1. The summed E-state index contributed by atoms with van der Waals surface area (Å²) in [6.45, 7) is 7.47. The number of nitrogens with zero attached hydrogens (tertiary/aromatic N) is 4. The molecule has 3 rings (SSSR count). The summed E-state index contributed by atoms with van der Waals surface area (Å²) in [5, 5.41) is 7.28. The fourth-order valence-corrected chi connectivity index (χ4v) is 2.92. The van der Waals surface area contributed by atoms with E-state index >= 15 is 0 Å². The number of aromatic nitrogens is 4. The SMILES string of the molecule is CC(C)(C)C(=O)N1CCC[C@@H](c2[nH]nc3nccnc23)C1. The van der Waals surface area contributed by atoms with Gasteiger partial charge in [0, 0.05) is 36.8 Å². The third-order valence-electron chi connectivity index (χ3n) is 3.97. The Morgan fingerprint density at radius 2 is 2.10 bits per heavy atom. The van der Waals surface area contributed by atoms with Gasteiger partial charge in [-0.05, 0) is 12.8 Å².